The summed E-state index contributed by atoms with van der Waals surface area (Å²) in [5, 5.41) is 16.5. The van der Waals surface area contributed by atoms with Gasteiger partial charge in [0.25, 0.3) is 11.8 Å². The molecule has 0 aliphatic carbocycles. The first-order valence-electron chi connectivity index (χ1n) is 10.2. The Balaban J connectivity index is 0.000000439. The Kier molecular flexibility index (Phi) is 17.1. The van der Waals surface area contributed by atoms with Crippen LogP contribution in [0.1, 0.15) is 60.2 Å². The van der Waals surface area contributed by atoms with Gasteiger partial charge in [0.1, 0.15) is 0 Å². The minimum atomic E-state index is -0.594. The molecule has 2 amide bonds. The summed E-state index contributed by atoms with van der Waals surface area (Å²) in [6.45, 7) is 4.58. The van der Waals surface area contributed by atoms with Gasteiger partial charge in [-0.15, -0.1) is 0 Å². The van der Waals surface area contributed by atoms with Gasteiger partial charge in [0.05, 0.1) is 11.1 Å². The maximum atomic E-state index is 10.8. The molecule has 0 atom stereocenters. The average Bonchev–Trinajstić information content (AvgIpc) is 2.79. The minimum Gasteiger partial charge on any atom is -0.398 e. The Morgan fingerprint density at radius 2 is 1.13 bits per heavy atom. The Bertz CT molecular complexity index is 711. The number of amides is 2. The molecule has 0 heterocycles. The summed E-state index contributed by atoms with van der Waals surface area (Å²) in [7, 11) is 0. The first kappa shape index (κ1) is 28.7. The average molecular weight is 537 g/mol. The number of benzene rings is 2. The molecule has 8 nitrogen and oxygen atoms in total. The van der Waals surface area contributed by atoms with Gasteiger partial charge < -0.3 is 11.5 Å². The van der Waals surface area contributed by atoms with E-state index in [-0.39, 0.29) is 32.3 Å². The number of anilines is 2. The van der Waals surface area contributed by atoms with E-state index in [0.29, 0.717) is 11.4 Å². The van der Waals surface area contributed by atoms with Crippen molar-refractivity contribution in [2.75, 3.05) is 11.5 Å². The van der Waals surface area contributed by atoms with Gasteiger partial charge in [0.15, 0.2) is 0 Å². The molecule has 170 valence electrons. The molecule has 0 unspecified atom stereocenters. The fraction of sp³-hybridized carbons (Fsp3) is 0.364. The van der Waals surface area contributed by atoms with E-state index in [1.54, 1.807) is 45.3 Å². The summed E-state index contributed by atoms with van der Waals surface area (Å²) < 4.78 is 3.25. The van der Waals surface area contributed by atoms with Crippen LogP contribution in [0, 0.1) is 0 Å². The number of hydrogen-bond acceptors (Lipinski definition) is 6. The van der Waals surface area contributed by atoms with Crippen LogP contribution in [0.4, 0.5) is 11.4 Å². The molecule has 0 bridgehead atoms. The van der Waals surface area contributed by atoms with E-state index in [2.05, 4.69) is 13.8 Å². The van der Waals surface area contributed by atoms with E-state index < -0.39 is 11.8 Å². The summed E-state index contributed by atoms with van der Waals surface area (Å²) >= 11 is 0.149. The minimum absolute atomic E-state index is 0.149. The van der Waals surface area contributed by atoms with E-state index in [4.69, 9.17) is 21.9 Å². The summed E-state index contributed by atoms with van der Waals surface area (Å²) in [5.41, 5.74) is 15.1. The van der Waals surface area contributed by atoms with Gasteiger partial charge in [-0.2, -0.15) is 0 Å². The molecule has 0 aromatic heterocycles. The van der Waals surface area contributed by atoms with E-state index in [1.165, 1.54) is 48.8 Å². The summed E-state index contributed by atoms with van der Waals surface area (Å²) in [4.78, 5) is 21.6. The van der Waals surface area contributed by atoms with E-state index in [0.717, 1.165) is 0 Å². The van der Waals surface area contributed by atoms with Crippen molar-refractivity contribution in [1.82, 2.24) is 11.0 Å². The zero-order valence-electron chi connectivity index (χ0n) is 18.2. The fourth-order valence-electron chi connectivity index (χ4n) is 2.26. The molecule has 0 aliphatic heterocycles. The number of carbonyl (C=O) groups is 2. The Morgan fingerprint density at radius 3 is 1.42 bits per heavy atom. The SMILES string of the molecule is CCC[CH2][Sn][CH2]CCC.Nc1ccccc1C(=O)NO.Nc1ccccc1C(=O)NO. The van der Waals surface area contributed by atoms with Gasteiger partial charge >= 0.3 is 69.5 Å². The van der Waals surface area contributed by atoms with Crippen LogP contribution in [0.5, 0.6) is 0 Å². The number of hydrogen-bond donors (Lipinski definition) is 6. The second kappa shape index (κ2) is 18.5. The summed E-state index contributed by atoms with van der Waals surface area (Å²) in [5.74, 6) is -1.19. The van der Waals surface area contributed by atoms with Crippen LogP contribution in [0.15, 0.2) is 48.5 Å². The second-order valence-corrected chi connectivity index (χ2v) is 10.8. The van der Waals surface area contributed by atoms with Gasteiger partial charge in [-0.25, -0.2) is 11.0 Å². The molecule has 0 saturated heterocycles. The smallest absolute Gasteiger partial charge is 0.276 e. The third kappa shape index (κ3) is 12.9. The van der Waals surface area contributed by atoms with Gasteiger partial charge in [0, 0.05) is 11.4 Å². The zero-order chi connectivity index (χ0) is 23.5. The van der Waals surface area contributed by atoms with Crippen molar-refractivity contribution in [2.24, 2.45) is 0 Å². The fourth-order valence-corrected chi connectivity index (χ4v) is 6.42. The van der Waals surface area contributed by atoms with Crippen molar-refractivity contribution in [1.29, 1.82) is 0 Å². The van der Waals surface area contributed by atoms with Crippen LogP contribution in [-0.4, -0.2) is 43.4 Å². The van der Waals surface area contributed by atoms with Crippen molar-refractivity contribution in [3.8, 4) is 0 Å². The molecule has 8 N–H and O–H groups in total. The zero-order valence-corrected chi connectivity index (χ0v) is 21.1. The van der Waals surface area contributed by atoms with E-state index in [1.807, 2.05) is 0 Å². The second-order valence-electron chi connectivity index (χ2n) is 6.51. The van der Waals surface area contributed by atoms with Gasteiger partial charge in [-0.05, 0) is 24.3 Å². The molecule has 2 aromatic rings. The van der Waals surface area contributed by atoms with Crippen LogP contribution < -0.4 is 22.4 Å². The van der Waals surface area contributed by atoms with Crippen LogP contribution in [0.3, 0.4) is 0 Å². The molecule has 0 fully saturated rings. The Labute approximate surface area is 194 Å². The van der Waals surface area contributed by atoms with Gasteiger partial charge in [-0.3, -0.25) is 20.0 Å². The van der Waals surface area contributed by atoms with Crippen molar-refractivity contribution in [2.45, 2.75) is 48.4 Å². The molecule has 0 saturated carbocycles. The monoisotopic (exact) mass is 538 g/mol. The van der Waals surface area contributed by atoms with Crippen molar-refractivity contribution >= 4 is 44.3 Å². The van der Waals surface area contributed by atoms with Crippen LogP contribution in [-0.2, 0) is 0 Å². The van der Waals surface area contributed by atoms with E-state index >= 15 is 0 Å². The van der Waals surface area contributed by atoms with Crippen molar-refractivity contribution < 1.29 is 20.0 Å². The van der Waals surface area contributed by atoms with Crippen LogP contribution in [0.25, 0.3) is 0 Å². The van der Waals surface area contributed by atoms with Gasteiger partial charge in [-0.1, -0.05) is 24.3 Å². The predicted molar refractivity (Wildman–Crippen MR) is 125 cm³/mol. The Morgan fingerprint density at radius 1 is 0.774 bits per heavy atom. The number of nitrogen functional groups attached to an aromatic ring is 2. The standard InChI is InChI=1S/2C7H8N2O2.2C4H9.Sn/c2*8-6-4-2-1-3-5(6)7(10)9-11;2*1-3-4-2;/h2*1-4,11H,8H2,(H,9,10);2*1,3-4H2,2H3;. The number of rotatable bonds is 8. The van der Waals surface area contributed by atoms with Crippen molar-refractivity contribution in [3.05, 3.63) is 59.7 Å². The molecule has 2 aromatic carbocycles. The first-order valence-corrected chi connectivity index (χ1v) is 14.2. The molecule has 0 aliphatic rings. The van der Waals surface area contributed by atoms with Crippen molar-refractivity contribution in [3.63, 3.8) is 0 Å². The summed E-state index contributed by atoms with van der Waals surface area (Å²) in [6.07, 6.45) is 5.84. The molecular formula is C22H34N4O4Sn. The number of nitrogens with one attached hydrogen (secondary N) is 2. The van der Waals surface area contributed by atoms with E-state index in [9.17, 15) is 9.59 Å². The molecule has 2 rings (SSSR count). The largest absolute Gasteiger partial charge is 0.398 e. The third-order valence-electron chi connectivity index (χ3n) is 4.03. The molecule has 2 radical (unpaired) electrons. The summed E-state index contributed by atoms with van der Waals surface area (Å²) in [6, 6.07) is 13.0. The number of para-hydroxylation sites is 2. The third-order valence-corrected chi connectivity index (χ3v) is 8.06. The number of carbonyl (C=O) groups excluding carboxylic acids is 2. The number of hydroxylamine groups is 2. The van der Waals surface area contributed by atoms with Crippen LogP contribution >= 0.6 is 0 Å². The molecule has 9 heteroatoms. The van der Waals surface area contributed by atoms with Crippen LogP contribution in [0.2, 0.25) is 8.87 Å². The molecule has 0 spiro atoms. The topological polar surface area (TPSA) is 151 Å². The molecule has 31 heavy (non-hydrogen) atoms. The quantitative estimate of drug-likeness (QED) is 0.0989. The van der Waals surface area contributed by atoms with Gasteiger partial charge in [0.2, 0.25) is 0 Å². The normalized spacial score (nSPS) is 9.42. The molecular weight excluding hydrogens is 503 g/mol. The number of nitrogens with two attached hydrogens (primary N) is 2. The number of unbranched alkanes of at least 4 members (excludes halogenated alkanes) is 2. The maximum Gasteiger partial charge on any atom is 0.276 e. The first-order chi connectivity index (χ1) is 14.9. The predicted octanol–water partition coefficient (Wildman–Crippen LogP) is 3.90. The maximum absolute atomic E-state index is 10.8. The Hall–Kier alpha value is -2.30.